The number of carboxylic acids is 1. The zero-order chi connectivity index (χ0) is 24.0. The molecule has 0 amide bonds. The second kappa shape index (κ2) is 13.0. The molecule has 0 saturated carbocycles. The third kappa shape index (κ3) is 6.68. The van der Waals surface area contributed by atoms with Crippen molar-refractivity contribution in [1.29, 1.82) is 0 Å². The van der Waals surface area contributed by atoms with Crippen molar-refractivity contribution in [2.45, 2.75) is 65.4 Å². The molecule has 0 aromatic heterocycles. The van der Waals surface area contributed by atoms with Gasteiger partial charge in [0.2, 0.25) is 0 Å². The maximum Gasteiger partial charge on any atom is 1.00 e. The summed E-state index contributed by atoms with van der Waals surface area (Å²) in [5.74, 6) is 0.388. The Hall–Kier alpha value is -2.22. The van der Waals surface area contributed by atoms with Crippen LogP contribution in [0.3, 0.4) is 0 Å². The number of carbonyl (C=O) groups is 2. The summed E-state index contributed by atoms with van der Waals surface area (Å²) in [6.07, 6.45) is 2.97. The molecule has 0 spiro atoms. The number of Topliss-reactive ketones (excluding diaryl/α,β-unsaturated/α-hetero) is 1. The molecular weight excluding hydrogens is 447 g/mol. The molecule has 8 heteroatoms. The molecule has 1 unspecified atom stereocenters. The summed E-state index contributed by atoms with van der Waals surface area (Å²) in [6, 6.07) is 7.01. The van der Waals surface area contributed by atoms with Crippen LogP contribution >= 0.6 is 0 Å². The smallest absolute Gasteiger partial charge is 0.546 e. The minimum atomic E-state index is -1.19. The van der Waals surface area contributed by atoms with Crippen molar-refractivity contribution in [3.8, 4) is 23.0 Å². The number of hydrogen-bond acceptors (Lipinski definition) is 7. The van der Waals surface area contributed by atoms with Gasteiger partial charge in [0, 0.05) is 18.1 Å². The molecule has 0 aliphatic carbocycles. The topological polar surface area (TPSA) is 105 Å². The van der Waals surface area contributed by atoms with Crippen LogP contribution in [0.25, 0.3) is 0 Å². The molecular formula is C26H31NaO7. The van der Waals surface area contributed by atoms with Crippen molar-refractivity contribution in [1.82, 2.24) is 0 Å². The summed E-state index contributed by atoms with van der Waals surface area (Å²) in [5, 5.41) is 21.4. The van der Waals surface area contributed by atoms with Crippen LogP contribution in [0.2, 0.25) is 0 Å². The van der Waals surface area contributed by atoms with Crippen LogP contribution in [0.15, 0.2) is 24.3 Å². The van der Waals surface area contributed by atoms with E-state index in [-0.39, 0.29) is 41.1 Å². The van der Waals surface area contributed by atoms with Gasteiger partial charge in [0.1, 0.15) is 29.1 Å². The number of benzene rings is 2. The number of carbonyl (C=O) groups excluding carboxylic acids is 2. The molecule has 0 radical (unpaired) electrons. The van der Waals surface area contributed by atoms with E-state index >= 15 is 0 Å². The van der Waals surface area contributed by atoms with E-state index in [4.69, 9.17) is 14.2 Å². The van der Waals surface area contributed by atoms with Gasteiger partial charge in [-0.15, -0.1) is 0 Å². The molecule has 3 rings (SSSR count). The Morgan fingerprint density at radius 3 is 2.47 bits per heavy atom. The fourth-order valence-corrected chi connectivity index (χ4v) is 4.01. The number of carboxylic acid groups (broad SMARTS) is 1. The molecule has 1 heterocycles. The Morgan fingerprint density at radius 1 is 1.15 bits per heavy atom. The largest absolute Gasteiger partial charge is 1.00 e. The standard InChI is InChI=1S/C26H32O7.Na/c1-4-7-19-22(10-8-18-9-11-23(26(29)30)33-25(18)19)31-12-6-13-32-24-15-21(28)20(16(3)27)14-17(24)5-2;/h8,10,14-15,23,28H,4-7,9,11-13H2,1-3H3,(H,29,30);/q;+1/p-1. The molecule has 0 fully saturated rings. The van der Waals surface area contributed by atoms with Crippen molar-refractivity contribution in [2.75, 3.05) is 13.2 Å². The van der Waals surface area contributed by atoms with Gasteiger partial charge >= 0.3 is 29.6 Å². The van der Waals surface area contributed by atoms with Gasteiger partial charge in [0.05, 0.1) is 24.7 Å². The second-order valence-electron chi connectivity index (χ2n) is 8.18. The van der Waals surface area contributed by atoms with E-state index < -0.39 is 12.1 Å². The van der Waals surface area contributed by atoms with E-state index in [0.717, 1.165) is 29.5 Å². The molecule has 0 saturated heterocycles. The van der Waals surface area contributed by atoms with Crippen molar-refractivity contribution in [3.63, 3.8) is 0 Å². The number of phenolic OH excluding ortho intramolecular Hbond substituents is 1. The maximum atomic E-state index is 11.6. The van der Waals surface area contributed by atoms with Crippen LogP contribution in [0.4, 0.5) is 0 Å². The molecule has 2 aromatic rings. The molecule has 1 atom stereocenters. The summed E-state index contributed by atoms with van der Waals surface area (Å²) >= 11 is 0. The van der Waals surface area contributed by atoms with Crippen molar-refractivity contribution < 1.29 is 63.6 Å². The number of hydrogen-bond donors (Lipinski definition) is 1. The first-order chi connectivity index (χ1) is 15.8. The monoisotopic (exact) mass is 478 g/mol. The van der Waals surface area contributed by atoms with Gasteiger partial charge in [0.15, 0.2) is 5.78 Å². The number of aliphatic carboxylic acids is 1. The van der Waals surface area contributed by atoms with Crippen LogP contribution in [0.5, 0.6) is 23.0 Å². The van der Waals surface area contributed by atoms with Gasteiger partial charge in [-0.1, -0.05) is 26.3 Å². The van der Waals surface area contributed by atoms with Gasteiger partial charge in [0.25, 0.3) is 0 Å². The number of ketones is 1. The second-order valence-corrected chi connectivity index (χ2v) is 8.18. The fourth-order valence-electron chi connectivity index (χ4n) is 4.01. The van der Waals surface area contributed by atoms with E-state index in [2.05, 4.69) is 0 Å². The predicted molar refractivity (Wildman–Crippen MR) is 121 cm³/mol. The zero-order valence-electron chi connectivity index (χ0n) is 20.4. The number of phenols is 1. The Kier molecular flexibility index (Phi) is 10.7. The minimum Gasteiger partial charge on any atom is -0.546 e. The van der Waals surface area contributed by atoms with E-state index in [1.54, 1.807) is 6.07 Å². The van der Waals surface area contributed by atoms with E-state index in [0.29, 0.717) is 61.7 Å². The van der Waals surface area contributed by atoms with Gasteiger partial charge in [-0.2, -0.15) is 0 Å². The number of rotatable bonds is 11. The predicted octanol–water partition coefficient (Wildman–Crippen LogP) is 0.405. The first-order valence-electron chi connectivity index (χ1n) is 11.5. The van der Waals surface area contributed by atoms with Crippen LogP contribution in [0.1, 0.15) is 67.1 Å². The fraction of sp³-hybridized carbons (Fsp3) is 0.462. The number of ether oxygens (including phenoxy) is 3. The SMILES string of the molecule is CCCc1c(OCCCOc2cc(O)c(C(C)=O)cc2CC)ccc2c1OC(C(=O)[O-])CC2.[Na+]. The van der Waals surface area contributed by atoms with Crippen LogP contribution < -0.4 is 48.9 Å². The van der Waals surface area contributed by atoms with Crippen LogP contribution in [0, 0.1) is 0 Å². The average molecular weight is 479 g/mol. The van der Waals surface area contributed by atoms with Crippen molar-refractivity contribution in [3.05, 3.63) is 46.5 Å². The quantitative estimate of drug-likeness (QED) is 0.283. The van der Waals surface area contributed by atoms with E-state index in [1.165, 1.54) is 13.0 Å². The average Bonchev–Trinajstić information content (AvgIpc) is 2.79. The summed E-state index contributed by atoms with van der Waals surface area (Å²) in [5.41, 5.74) is 3.03. The third-order valence-corrected chi connectivity index (χ3v) is 5.74. The minimum absolute atomic E-state index is 0. The molecule has 1 aliphatic rings. The number of aromatic hydroxyl groups is 1. The Balaban J connectivity index is 0.00000408. The molecule has 0 bridgehead atoms. The molecule has 178 valence electrons. The van der Waals surface area contributed by atoms with Gasteiger partial charge < -0.3 is 29.2 Å². The Morgan fingerprint density at radius 2 is 1.85 bits per heavy atom. The maximum absolute atomic E-state index is 11.6. The Labute approximate surface area is 222 Å². The summed E-state index contributed by atoms with van der Waals surface area (Å²) in [4.78, 5) is 22.9. The van der Waals surface area contributed by atoms with Crippen LogP contribution in [-0.4, -0.2) is 36.2 Å². The summed E-state index contributed by atoms with van der Waals surface area (Å²) in [6.45, 7) is 6.21. The van der Waals surface area contributed by atoms with E-state index in [9.17, 15) is 19.8 Å². The third-order valence-electron chi connectivity index (χ3n) is 5.74. The van der Waals surface area contributed by atoms with Crippen molar-refractivity contribution >= 4 is 11.8 Å². The zero-order valence-corrected chi connectivity index (χ0v) is 22.4. The van der Waals surface area contributed by atoms with E-state index in [1.807, 2.05) is 26.0 Å². The molecule has 34 heavy (non-hydrogen) atoms. The normalized spacial score (nSPS) is 14.4. The molecule has 7 nitrogen and oxygen atoms in total. The molecule has 1 N–H and O–H groups in total. The van der Waals surface area contributed by atoms with Gasteiger partial charge in [-0.3, -0.25) is 4.79 Å². The summed E-state index contributed by atoms with van der Waals surface area (Å²) in [7, 11) is 0. The van der Waals surface area contributed by atoms with Crippen LogP contribution in [-0.2, 0) is 24.1 Å². The Bertz CT molecular complexity index is 1020. The summed E-state index contributed by atoms with van der Waals surface area (Å²) < 4.78 is 17.6. The molecule has 1 aliphatic heterocycles. The molecule has 2 aromatic carbocycles. The first-order valence-corrected chi connectivity index (χ1v) is 11.5. The first kappa shape index (κ1) is 28.0. The number of aryl methyl sites for hydroxylation is 2. The van der Waals surface area contributed by atoms with Gasteiger partial charge in [-0.05, 0) is 55.9 Å². The van der Waals surface area contributed by atoms with Gasteiger partial charge in [-0.25, -0.2) is 0 Å². The van der Waals surface area contributed by atoms with Crippen molar-refractivity contribution in [2.24, 2.45) is 0 Å². The number of fused-ring (bicyclic) bond motifs is 1.